The van der Waals surface area contributed by atoms with E-state index in [0.717, 1.165) is 16.7 Å². The van der Waals surface area contributed by atoms with Crippen molar-refractivity contribution in [2.24, 2.45) is 0 Å². The van der Waals surface area contributed by atoms with Gasteiger partial charge in [0.25, 0.3) is 0 Å². The van der Waals surface area contributed by atoms with Gasteiger partial charge in [-0.25, -0.2) is 0 Å². The lowest BCUT2D eigenvalue weighted by atomic mass is 10.0. The van der Waals surface area contributed by atoms with Gasteiger partial charge in [-0.15, -0.1) is 5.10 Å². The quantitative estimate of drug-likeness (QED) is 0.766. The van der Waals surface area contributed by atoms with Crippen LogP contribution in [0.1, 0.15) is 5.69 Å². The van der Waals surface area contributed by atoms with E-state index in [0.29, 0.717) is 15.7 Å². The predicted molar refractivity (Wildman–Crippen MR) is 82.0 cm³/mol. The molecule has 3 aromatic rings. The fraction of sp³-hybridized carbons (Fsp3) is 0. The summed E-state index contributed by atoms with van der Waals surface area (Å²) in [6, 6.07) is 15.1. The van der Waals surface area contributed by atoms with E-state index in [2.05, 4.69) is 15.4 Å². The molecule has 0 radical (unpaired) electrons. The fourth-order valence-corrected chi connectivity index (χ4v) is 2.33. The minimum atomic E-state index is 0.265. The third-order valence-corrected chi connectivity index (χ3v) is 3.78. The van der Waals surface area contributed by atoms with Gasteiger partial charge in [0, 0.05) is 5.56 Å². The Labute approximate surface area is 130 Å². The minimum absolute atomic E-state index is 0.265. The van der Waals surface area contributed by atoms with E-state index in [1.807, 2.05) is 36.4 Å². The molecule has 0 aliphatic heterocycles. The van der Waals surface area contributed by atoms with Crippen molar-refractivity contribution in [3.63, 3.8) is 0 Å². The molecule has 0 spiro atoms. The Kier molecular flexibility index (Phi) is 3.61. The lowest BCUT2D eigenvalue weighted by molar-refractivity contribution is 0.937. The van der Waals surface area contributed by atoms with Crippen molar-refractivity contribution < 1.29 is 0 Å². The number of H-pyrrole nitrogens is 1. The lowest BCUT2D eigenvalue weighted by Crippen LogP contribution is -1.85. The smallest absolute Gasteiger partial charge is 0.190 e. The number of halogens is 2. The number of aromatic amines is 1. The van der Waals surface area contributed by atoms with Gasteiger partial charge in [-0.2, -0.15) is 15.6 Å². The molecule has 1 aromatic heterocycles. The summed E-state index contributed by atoms with van der Waals surface area (Å²) < 4.78 is 0. The third-order valence-electron chi connectivity index (χ3n) is 3.04. The van der Waals surface area contributed by atoms with Crippen LogP contribution in [0.15, 0.2) is 42.5 Å². The van der Waals surface area contributed by atoms with Crippen LogP contribution in [-0.4, -0.2) is 15.4 Å². The van der Waals surface area contributed by atoms with Crippen LogP contribution in [0, 0.1) is 11.3 Å². The van der Waals surface area contributed by atoms with Gasteiger partial charge < -0.3 is 0 Å². The van der Waals surface area contributed by atoms with Crippen molar-refractivity contribution in [3.05, 3.63) is 58.2 Å². The second kappa shape index (κ2) is 5.57. The Morgan fingerprint density at radius 1 is 0.905 bits per heavy atom. The van der Waals surface area contributed by atoms with Crippen molar-refractivity contribution >= 4 is 23.2 Å². The highest BCUT2D eigenvalue weighted by molar-refractivity contribution is 6.42. The van der Waals surface area contributed by atoms with Crippen molar-refractivity contribution in [2.45, 2.75) is 0 Å². The fourth-order valence-electron chi connectivity index (χ4n) is 2.03. The van der Waals surface area contributed by atoms with Crippen LogP contribution in [0.2, 0.25) is 10.0 Å². The highest BCUT2D eigenvalue weighted by atomic mass is 35.5. The molecule has 4 nitrogen and oxygen atoms in total. The SMILES string of the molecule is N#Cc1n[nH]nc1-c1cccc(-c2ccc(Cl)c(Cl)c2)c1. The number of hydrogen-bond donors (Lipinski definition) is 1. The molecule has 6 heteroatoms. The van der Waals surface area contributed by atoms with Crippen molar-refractivity contribution in [1.82, 2.24) is 15.4 Å². The predicted octanol–water partition coefficient (Wildman–Crippen LogP) is 4.32. The Balaban J connectivity index is 2.08. The summed E-state index contributed by atoms with van der Waals surface area (Å²) in [4.78, 5) is 0. The van der Waals surface area contributed by atoms with Gasteiger partial charge in [0.15, 0.2) is 5.69 Å². The molecule has 2 aromatic carbocycles. The molecule has 3 rings (SSSR count). The number of nitrogens with zero attached hydrogens (tertiary/aromatic N) is 3. The van der Waals surface area contributed by atoms with Crippen LogP contribution >= 0.6 is 23.2 Å². The molecule has 0 amide bonds. The van der Waals surface area contributed by atoms with Gasteiger partial charge in [-0.05, 0) is 29.3 Å². The number of hydrogen-bond acceptors (Lipinski definition) is 3. The minimum Gasteiger partial charge on any atom is -0.196 e. The summed E-state index contributed by atoms with van der Waals surface area (Å²) in [5, 5.41) is 20.3. The molecule has 0 saturated heterocycles. The zero-order valence-electron chi connectivity index (χ0n) is 10.6. The van der Waals surface area contributed by atoms with Gasteiger partial charge in [-0.1, -0.05) is 47.5 Å². The summed E-state index contributed by atoms with van der Waals surface area (Å²) in [7, 11) is 0. The molecule has 21 heavy (non-hydrogen) atoms. The molecule has 0 saturated carbocycles. The molecule has 1 N–H and O–H groups in total. The topological polar surface area (TPSA) is 65.4 Å². The Bertz CT molecular complexity index is 849. The van der Waals surface area contributed by atoms with Crippen LogP contribution in [0.25, 0.3) is 22.4 Å². The van der Waals surface area contributed by atoms with Gasteiger partial charge in [0.05, 0.1) is 10.0 Å². The zero-order valence-corrected chi connectivity index (χ0v) is 12.2. The summed E-state index contributed by atoms with van der Waals surface area (Å²) >= 11 is 12.0. The van der Waals surface area contributed by atoms with Gasteiger partial charge in [0.1, 0.15) is 11.8 Å². The molecule has 0 aliphatic rings. The van der Waals surface area contributed by atoms with E-state index in [4.69, 9.17) is 28.5 Å². The normalized spacial score (nSPS) is 10.3. The molecule has 102 valence electrons. The molecular formula is C15H8Cl2N4. The second-order valence-electron chi connectivity index (χ2n) is 4.34. The largest absolute Gasteiger partial charge is 0.196 e. The monoisotopic (exact) mass is 314 g/mol. The second-order valence-corrected chi connectivity index (χ2v) is 5.16. The number of nitrogens with one attached hydrogen (secondary N) is 1. The van der Waals surface area contributed by atoms with Crippen molar-refractivity contribution in [1.29, 1.82) is 5.26 Å². The maximum Gasteiger partial charge on any atom is 0.190 e. The van der Waals surface area contributed by atoms with Crippen LogP contribution in [0.3, 0.4) is 0 Å². The van der Waals surface area contributed by atoms with E-state index in [9.17, 15) is 0 Å². The Hall–Kier alpha value is -2.35. The maximum absolute atomic E-state index is 9.02. The molecule has 0 fully saturated rings. The highest BCUT2D eigenvalue weighted by Gasteiger charge is 2.11. The molecule has 0 unspecified atom stereocenters. The summed E-state index contributed by atoms with van der Waals surface area (Å²) in [6.07, 6.45) is 0. The van der Waals surface area contributed by atoms with Gasteiger partial charge in [-0.3, -0.25) is 0 Å². The van der Waals surface area contributed by atoms with Crippen molar-refractivity contribution in [2.75, 3.05) is 0 Å². The van der Waals surface area contributed by atoms with E-state index < -0.39 is 0 Å². The number of rotatable bonds is 2. The van der Waals surface area contributed by atoms with Gasteiger partial charge in [0.2, 0.25) is 0 Å². The first kappa shape index (κ1) is 13.6. The standard InChI is InChI=1S/C15H8Cl2N4/c16-12-5-4-10(7-13(12)17)9-2-1-3-11(6-9)15-14(8-18)19-21-20-15/h1-7H,(H,19,20,21). The zero-order chi connectivity index (χ0) is 14.8. The maximum atomic E-state index is 9.02. The van der Waals surface area contributed by atoms with Crippen molar-refractivity contribution in [3.8, 4) is 28.5 Å². The van der Waals surface area contributed by atoms with Crippen LogP contribution < -0.4 is 0 Å². The third kappa shape index (κ3) is 2.62. The molecular weight excluding hydrogens is 307 g/mol. The summed E-state index contributed by atoms with van der Waals surface area (Å²) in [6.45, 7) is 0. The average Bonchev–Trinajstić information content (AvgIpc) is 2.99. The Morgan fingerprint density at radius 2 is 1.67 bits per heavy atom. The van der Waals surface area contributed by atoms with Crippen LogP contribution in [-0.2, 0) is 0 Å². The molecule has 0 aliphatic carbocycles. The van der Waals surface area contributed by atoms with Crippen LogP contribution in [0.4, 0.5) is 0 Å². The summed E-state index contributed by atoms with van der Waals surface area (Å²) in [5.41, 5.74) is 3.50. The van der Waals surface area contributed by atoms with E-state index >= 15 is 0 Å². The molecule has 0 bridgehead atoms. The highest BCUT2D eigenvalue weighted by Crippen LogP contribution is 2.30. The average molecular weight is 315 g/mol. The van der Waals surface area contributed by atoms with E-state index in [1.165, 1.54) is 0 Å². The first-order chi connectivity index (χ1) is 10.2. The number of aromatic nitrogens is 3. The van der Waals surface area contributed by atoms with Crippen LogP contribution in [0.5, 0.6) is 0 Å². The molecule has 1 heterocycles. The Morgan fingerprint density at radius 3 is 2.43 bits per heavy atom. The van der Waals surface area contributed by atoms with E-state index in [-0.39, 0.29) is 5.69 Å². The van der Waals surface area contributed by atoms with Gasteiger partial charge >= 0.3 is 0 Å². The number of benzene rings is 2. The van der Waals surface area contributed by atoms with E-state index in [1.54, 1.807) is 12.1 Å². The first-order valence-corrected chi connectivity index (χ1v) is 6.81. The molecule has 0 atom stereocenters. The first-order valence-electron chi connectivity index (χ1n) is 6.06. The number of nitriles is 1. The lowest BCUT2D eigenvalue weighted by Gasteiger charge is -2.05. The summed E-state index contributed by atoms with van der Waals surface area (Å²) in [5.74, 6) is 0.